The first kappa shape index (κ1) is 19.5. The van der Waals surface area contributed by atoms with Gasteiger partial charge in [-0.2, -0.15) is 5.26 Å². The molecule has 10 heteroatoms. The smallest absolute Gasteiger partial charge is 0.348 e. The van der Waals surface area contributed by atoms with E-state index in [2.05, 4.69) is 35.4 Å². The molecule has 134 valence electrons. The molecule has 0 saturated carbocycles. The molecule has 0 spiro atoms. The minimum atomic E-state index is -0.451. The van der Waals surface area contributed by atoms with Gasteiger partial charge in [0.25, 0.3) is 0 Å². The van der Waals surface area contributed by atoms with Crippen LogP contribution in [0.4, 0.5) is 10.1 Å². The largest absolute Gasteiger partial charge is 0.462 e. The quantitative estimate of drug-likeness (QED) is 0.513. The van der Waals surface area contributed by atoms with Crippen LogP contribution in [0.2, 0.25) is 0 Å². The molecule has 0 aliphatic carbocycles. The van der Waals surface area contributed by atoms with E-state index < -0.39 is 5.97 Å². The van der Waals surface area contributed by atoms with Crippen LogP contribution in [-0.4, -0.2) is 29.3 Å². The van der Waals surface area contributed by atoms with Crippen molar-refractivity contribution in [1.82, 2.24) is 10.2 Å². The van der Waals surface area contributed by atoms with Crippen molar-refractivity contribution in [2.75, 3.05) is 24.2 Å². The van der Waals surface area contributed by atoms with Crippen LogP contribution in [0.3, 0.4) is 0 Å². The summed E-state index contributed by atoms with van der Waals surface area (Å²) in [7, 11) is 0. The zero-order valence-corrected chi connectivity index (χ0v) is 16.6. The summed E-state index contributed by atoms with van der Waals surface area (Å²) in [5.74, 6) is 0.468. The maximum Gasteiger partial charge on any atom is 0.348 e. The van der Waals surface area contributed by atoms with Gasteiger partial charge in [-0.05, 0) is 12.8 Å². The van der Waals surface area contributed by atoms with Gasteiger partial charge in [-0.3, -0.25) is 0 Å². The fourth-order valence-electron chi connectivity index (χ4n) is 1.87. The first-order chi connectivity index (χ1) is 12.0. The third-order valence-electron chi connectivity index (χ3n) is 3.01. The Bertz CT molecular complexity index is 779. The van der Waals surface area contributed by atoms with Crippen molar-refractivity contribution in [3.63, 3.8) is 0 Å². The lowest BCUT2D eigenvalue weighted by Crippen LogP contribution is -2.07. The van der Waals surface area contributed by atoms with Gasteiger partial charge in [0.2, 0.25) is 5.13 Å². The number of nitrogens with two attached hydrogens (primary N) is 1. The predicted octanol–water partition coefficient (Wildman–Crippen LogP) is 3.59. The predicted molar refractivity (Wildman–Crippen MR) is 102 cm³/mol. The minimum absolute atomic E-state index is 0.270. The Balaban J connectivity index is 2.12. The first-order valence-corrected chi connectivity index (χ1v) is 10.3. The molecule has 7 nitrogen and oxygen atoms in total. The van der Waals surface area contributed by atoms with Crippen LogP contribution >= 0.6 is 34.4 Å². The average Bonchev–Trinajstić information content (AvgIpc) is 3.15. The van der Waals surface area contributed by atoms with E-state index in [9.17, 15) is 10.1 Å². The number of thiophene rings is 1. The zero-order valence-electron chi connectivity index (χ0n) is 14.2. The molecule has 0 radical (unpaired) electrons. The maximum atomic E-state index is 12.1. The van der Waals surface area contributed by atoms with Crippen molar-refractivity contribution in [2.24, 2.45) is 5.92 Å². The van der Waals surface area contributed by atoms with Crippen LogP contribution < -0.4 is 11.1 Å². The summed E-state index contributed by atoms with van der Waals surface area (Å²) < 4.78 is 5.81. The Hall–Kier alpha value is -1.83. The number of nitriles is 1. The van der Waals surface area contributed by atoms with Gasteiger partial charge < -0.3 is 15.8 Å². The SMILES string of the molecule is CCOC(=O)c1sc(N)c(C#N)c1CSc1nnc(NCC(C)C)s1. The second-order valence-corrected chi connectivity index (χ2v) is 8.67. The molecule has 0 saturated heterocycles. The van der Waals surface area contributed by atoms with Crippen LogP contribution in [0, 0.1) is 17.2 Å². The lowest BCUT2D eigenvalue weighted by molar-refractivity contribution is 0.0531. The summed E-state index contributed by atoms with van der Waals surface area (Å²) in [6.07, 6.45) is 0. The second-order valence-electron chi connectivity index (χ2n) is 5.42. The van der Waals surface area contributed by atoms with E-state index in [1.807, 2.05) is 0 Å². The Labute approximate surface area is 158 Å². The fraction of sp³-hybridized carbons (Fsp3) is 0.467. The van der Waals surface area contributed by atoms with Gasteiger partial charge in [-0.1, -0.05) is 36.9 Å². The van der Waals surface area contributed by atoms with Gasteiger partial charge in [0.05, 0.1) is 12.2 Å². The van der Waals surface area contributed by atoms with Crippen molar-refractivity contribution in [3.8, 4) is 6.07 Å². The highest BCUT2D eigenvalue weighted by Crippen LogP contribution is 2.36. The van der Waals surface area contributed by atoms with Crippen molar-refractivity contribution in [2.45, 2.75) is 30.9 Å². The topological polar surface area (TPSA) is 114 Å². The molecule has 0 aliphatic rings. The van der Waals surface area contributed by atoms with Gasteiger partial charge in [-0.25, -0.2) is 4.79 Å². The van der Waals surface area contributed by atoms with E-state index in [1.54, 1.807) is 6.92 Å². The Kier molecular flexibility index (Phi) is 7.04. The summed E-state index contributed by atoms with van der Waals surface area (Å²) in [5, 5.41) is 21.9. The molecule has 0 amide bonds. The van der Waals surface area contributed by atoms with Gasteiger partial charge in [-0.15, -0.1) is 21.5 Å². The average molecular weight is 398 g/mol. The van der Waals surface area contributed by atoms with Crippen LogP contribution in [0.1, 0.15) is 41.6 Å². The third-order valence-corrected chi connectivity index (χ3v) is 6.10. The van der Waals surface area contributed by atoms with Crippen molar-refractivity contribution < 1.29 is 9.53 Å². The highest BCUT2D eigenvalue weighted by Gasteiger charge is 2.23. The van der Waals surface area contributed by atoms with Crippen molar-refractivity contribution in [1.29, 1.82) is 5.26 Å². The number of nitrogens with zero attached hydrogens (tertiary/aromatic N) is 3. The number of carbonyl (C=O) groups excluding carboxylic acids is 1. The van der Waals surface area contributed by atoms with E-state index in [0.29, 0.717) is 32.7 Å². The molecule has 0 aromatic carbocycles. The van der Waals surface area contributed by atoms with Crippen molar-refractivity contribution >= 4 is 50.5 Å². The van der Waals surface area contributed by atoms with Gasteiger partial charge in [0.15, 0.2) is 4.34 Å². The number of thioether (sulfide) groups is 1. The van der Waals surface area contributed by atoms with E-state index in [4.69, 9.17) is 10.5 Å². The monoisotopic (exact) mass is 397 g/mol. The number of anilines is 2. The molecule has 0 aliphatic heterocycles. The molecule has 2 heterocycles. The normalized spacial score (nSPS) is 10.7. The molecule has 0 unspecified atom stereocenters. The molecule has 2 rings (SSSR count). The number of nitrogen functional groups attached to an aromatic ring is 1. The number of esters is 1. The molecule has 2 aromatic heterocycles. The van der Waals surface area contributed by atoms with E-state index >= 15 is 0 Å². The number of carbonyl (C=O) groups is 1. The number of nitrogens with one attached hydrogen (secondary N) is 1. The third kappa shape index (κ3) is 5.07. The van der Waals surface area contributed by atoms with Crippen LogP contribution in [-0.2, 0) is 10.5 Å². The lowest BCUT2D eigenvalue weighted by Gasteiger charge is -2.04. The van der Waals surface area contributed by atoms with E-state index in [0.717, 1.165) is 27.4 Å². The Morgan fingerprint density at radius 3 is 2.84 bits per heavy atom. The highest BCUT2D eigenvalue weighted by atomic mass is 32.2. The number of hydrogen-bond acceptors (Lipinski definition) is 10. The molecular formula is C15H19N5O2S3. The Morgan fingerprint density at radius 2 is 2.20 bits per heavy atom. The molecule has 0 bridgehead atoms. The molecule has 2 aromatic rings. The molecule has 0 fully saturated rings. The summed E-state index contributed by atoms with van der Waals surface area (Å²) in [6.45, 7) is 7.07. The van der Waals surface area contributed by atoms with Crippen LogP contribution in [0.25, 0.3) is 0 Å². The van der Waals surface area contributed by atoms with Gasteiger partial charge in [0.1, 0.15) is 15.9 Å². The maximum absolute atomic E-state index is 12.1. The fourth-order valence-corrected chi connectivity index (χ4v) is 4.68. The van der Waals surface area contributed by atoms with Gasteiger partial charge >= 0.3 is 5.97 Å². The molecule has 3 N–H and O–H groups in total. The molecular weight excluding hydrogens is 378 g/mol. The summed E-state index contributed by atoms with van der Waals surface area (Å²) in [4.78, 5) is 12.5. The summed E-state index contributed by atoms with van der Waals surface area (Å²) in [5.41, 5.74) is 6.81. The van der Waals surface area contributed by atoms with E-state index in [-0.39, 0.29) is 6.61 Å². The number of hydrogen-bond donors (Lipinski definition) is 2. The Morgan fingerprint density at radius 1 is 1.44 bits per heavy atom. The molecule has 0 atom stereocenters. The van der Waals surface area contributed by atoms with Crippen LogP contribution in [0.15, 0.2) is 4.34 Å². The number of ether oxygens (including phenoxy) is 1. The zero-order chi connectivity index (χ0) is 18.4. The lowest BCUT2D eigenvalue weighted by atomic mass is 10.2. The summed E-state index contributed by atoms with van der Waals surface area (Å²) in [6, 6.07) is 2.07. The van der Waals surface area contributed by atoms with Crippen molar-refractivity contribution in [3.05, 3.63) is 16.0 Å². The number of rotatable bonds is 8. The first-order valence-electron chi connectivity index (χ1n) is 7.64. The van der Waals surface area contributed by atoms with Crippen LogP contribution in [0.5, 0.6) is 0 Å². The highest BCUT2D eigenvalue weighted by molar-refractivity contribution is 8.00. The van der Waals surface area contributed by atoms with E-state index in [1.165, 1.54) is 23.1 Å². The standard InChI is InChI=1S/C15H19N5O2S3/c1-4-22-13(21)11-10(9(5-16)12(17)24-11)7-23-15-20-19-14(25-15)18-6-8(2)3/h8H,4,6-7,17H2,1-3H3,(H,18,19). The number of aromatic nitrogens is 2. The minimum Gasteiger partial charge on any atom is -0.462 e. The van der Waals surface area contributed by atoms with Gasteiger partial charge in [0, 0.05) is 17.9 Å². The molecule has 25 heavy (non-hydrogen) atoms. The second kappa shape index (κ2) is 9.03. The summed E-state index contributed by atoms with van der Waals surface area (Å²) >= 11 is 3.95.